The minimum absolute atomic E-state index is 0.0544. The highest BCUT2D eigenvalue weighted by atomic mass is 35.5. The molecule has 1 aliphatic rings. The summed E-state index contributed by atoms with van der Waals surface area (Å²) >= 11 is 6.22. The summed E-state index contributed by atoms with van der Waals surface area (Å²) in [5, 5.41) is 0.580. The Labute approximate surface area is 201 Å². The fraction of sp³-hybridized carbons (Fsp3) is 0.200. The molecular formula is C25H23ClFN3O4. The number of carbonyl (C=O) groups is 2. The molecule has 1 aliphatic heterocycles. The van der Waals surface area contributed by atoms with Crippen molar-refractivity contribution in [2.24, 2.45) is 5.92 Å². The van der Waals surface area contributed by atoms with Crippen LogP contribution in [-0.2, 0) is 16.2 Å². The third-order valence-corrected chi connectivity index (χ3v) is 5.85. The van der Waals surface area contributed by atoms with Gasteiger partial charge in [0.15, 0.2) is 11.5 Å². The topological polar surface area (TPSA) is 79.9 Å². The van der Waals surface area contributed by atoms with Gasteiger partial charge in [0.1, 0.15) is 12.4 Å². The van der Waals surface area contributed by atoms with Gasteiger partial charge in [0.25, 0.3) is 0 Å². The second-order valence-corrected chi connectivity index (χ2v) is 8.12. The fourth-order valence-electron chi connectivity index (χ4n) is 3.67. The molecule has 0 unspecified atom stereocenters. The van der Waals surface area contributed by atoms with E-state index in [1.165, 1.54) is 36.3 Å². The van der Waals surface area contributed by atoms with E-state index in [-0.39, 0.29) is 37.2 Å². The summed E-state index contributed by atoms with van der Waals surface area (Å²) < 4.78 is 24.6. The van der Waals surface area contributed by atoms with Crippen LogP contribution in [0.15, 0.2) is 66.7 Å². The molecule has 0 aromatic heterocycles. The summed E-state index contributed by atoms with van der Waals surface area (Å²) in [4.78, 5) is 26.7. The molecule has 4 rings (SSSR count). The van der Waals surface area contributed by atoms with Gasteiger partial charge in [-0.15, -0.1) is 0 Å². The molecule has 34 heavy (non-hydrogen) atoms. The zero-order valence-electron chi connectivity index (χ0n) is 18.4. The highest BCUT2D eigenvalue weighted by Gasteiger charge is 2.35. The molecule has 176 valence electrons. The Hall–Kier alpha value is -3.78. The molecule has 0 saturated carbocycles. The van der Waals surface area contributed by atoms with Crippen LogP contribution < -0.4 is 25.2 Å². The molecular weight excluding hydrogens is 461 g/mol. The number of para-hydroxylation sites is 1. The number of hydrogen-bond donors (Lipinski definition) is 2. The molecule has 0 aliphatic carbocycles. The Balaban J connectivity index is 1.42. The maximum atomic E-state index is 13.2. The zero-order valence-corrected chi connectivity index (χ0v) is 19.1. The molecule has 0 bridgehead atoms. The third kappa shape index (κ3) is 5.23. The van der Waals surface area contributed by atoms with E-state index in [9.17, 15) is 14.0 Å². The normalized spacial score (nSPS) is 15.2. The van der Waals surface area contributed by atoms with Crippen molar-refractivity contribution < 1.29 is 23.5 Å². The van der Waals surface area contributed by atoms with E-state index < -0.39 is 5.92 Å². The van der Waals surface area contributed by atoms with E-state index in [0.717, 1.165) is 5.56 Å². The summed E-state index contributed by atoms with van der Waals surface area (Å²) in [6.45, 7) is 0.401. The van der Waals surface area contributed by atoms with Gasteiger partial charge in [-0.25, -0.2) is 4.39 Å². The maximum absolute atomic E-state index is 13.2. The number of benzene rings is 3. The number of rotatable bonds is 8. The van der Waals surface area contributed by atoms with E-state index in [4.69, 9.17) is 21.1 Å². The minimum Gasteiger partial charge on any atom is -0.493 e. The highest BCUT2D eigenvalue weighted by molar-refractivity contribution is 6.31. The standard InChI is InChI=1S/C25H23ClFN3O4/c1-33-22-8-4-7-21(24(22)34-15-16-5-2-3-6-20(16)26)28-29-25(32)17-13-23(31)30(14-17)19-11-9-18(27)10-12-19/h2-12,17,28H,13-15H2,1H3,(H,29,32)/t17-/m1/s1. The fourth-order valence-corrected chi connectivity index (χ4v) is 3.86. The first kappa shape index (κ1) is 23.4. The van der Waals surface area contributed by atoms with Gasteiger partial charge in [-0.2, -0.15) is 0 Å². The van der Waals surface area contributed by atoms with E-state index in [1.807, 2.05) is 18.2 Å². The SMILES string of the molecule is COc1cccc(NNC(=O)[C@@H]2CC(=O)N(c3ccc(F)cc3)C2)c1OCc1ccccc1Cl. The molecule has 7 nitrogen and oxygen atoms in total. The van der Waals surface area contributed by atoms with Crippen LogP contribution in [0.2, 0.25) is 5.02 Å². The zero-order chi connectivity index (χ0) is 24.1. The lowest BCUT2D eigenvalue weighted by Gasteiger charge is -2.19. The van der Waals surface area contributed by atoms with Gasteiger partial charge in [-0.3, -0.25) is 20.4 Å². The molecule has 3 aromatic carbocycles. The van der Waals surface area contributed by atoms with Crippen LogP contribution in [0.5, 0.6) is 11.5 Å². The molecule has 3 aromatic rings. The molecule has 0 spiro atoms. The van der Waals surface area contributed by atoms with Gasteiger partial charge >= 0.3 is 0 Å². The second-order valence-electron chi connectivity index (χ2n) is 7.71. The van der Waals surface area contributed by atoms with Crippen molar-refractivity contribution in [2.45, 2.75) is 13.0 Å². The third-order valence-electron chi connectivity index (χ3n) is 5.48. The molecule has 0 radical (unpaired) electrons. The van der Waals surface area contributed by atoms with E-state index in [2.05, 4.69) is 10.9 Å². The molecule has 1 fully saturated rings. The highest BCUT2D eigenvalue weighted by Crippen LogP contribution is 2.36. The summed E-state index contributed by atoms with van der Waals surface area (Å²) in [5.41, 5.74) is 7.37. The number of hydrogen-bond acceptors (Lipinski definition) is 5. The second kappa shape index (κ2) is 10.4. The lowest BCUT2D eigenvalue weighted by Crippen LogP contribution is -2.36. The number of amides is 2. The molecule has 1 saturated heterocycles. The smallest absolute Gasteiger partial charge is 0.243 e. The van der Waals surface area contributed by atoms with E-state index >= 15 is 0 Å². The average Bonchev–Trinajstić information content (AvgIpc) is 3.24. The molecule has 1 atom stereocenters. The summed E-state index contributed by atoms with van der Waals surface area (Å²) in [6.07, 6.45) is 0.0544. The van der Waals surface area contributed by atoms with Gasteiger partial charge in [0.2, 0.25) is 11.8 Å². The van der Waals surface area contributed by atoms with Crippen LogP contribution in [0.25, 0.3) is 0 Å². The molecule has 2 N–H and O–H groups in total. The number of methoxy groups -OCH3 is 1. The number of anilines is 2. The number of nitrogens with zero attached hydrogens (tertiary/aromatic N) is 1. The van der Waals surface area contributed by atoms with Crippen molar-refractivity contribution >= 4 is 34.8 Å². The van der Waals surface area contributed by atoms with Crippen LogP contribution in [0, 0.1) is 11.7 Å². The molecule has 9 heteroatoms. The van der Waals surface area contributed by atoms with Crippen LogP contribution in [0.3, 0.4) is 0 Å². The van der Waals surface area contributed by atoms with Gasteiger partial charge in [0.05, 0.1) is 18.7 Å². The Morgan fingerprint density at radius 3 is 2.62 bits per heavy atom. The summed E-state index contributed by atoms with van der Waals surface area (Å²) in [7, 11) is 1.52. The van der Waals surface area contributed by atoms with Crippen LogP contribution >= 0.6 is 11.6 Å². The van der Waals surface area contributed by atoms with Gasteiger partial charge in [0, 0.05) is 29.2 Å². The average molecular weight is 484 g/mol. The minimum atomic E-state index is -0.567. The van der Waals surface area contributed by atoms with Crippen LogP contribution in [0.1, 0.15) is 12.0 Å². The first-order valence-electron chi connectivity index (χ1n) is 10.6. The lowest BCUT2D eigenvalue weighted by molar-refractivity contribution is -0.125. The molecule has 1 heterocycles. The van der Waals surface area contributed by atoms with Crippen molar-refractivity contribution in [3.8, 4) is 11.5 Å². The Morgan fingerprint density at radius 1 is 1.12 bits per heavy atom. The monoisotopic (exact) mass is 483 g/mol. The van der Waals surface area contributed by atoms with Crippen LogP contribution in [0.4, 0.5) is 15.8 Å². The van der Waals surface area contributed by atoms with Gasteiger partial charge in [-0.05, 0) is 42.5 Å². The first-order valence-corrected chi connectivity index (χ1v) is 11.0. The Bertz CT molecular complexity index is 1190. The quantitative estimate of drug-likeness (QED) is 0.459. The van der Waals surface area contributed by atoms with E-state index in [0.29, 0.717) is 27.9 Å². The van der Waals surface area contributed by atoms with Crippen molar-refractivity contribution in [1.82, 2.24) is 5.43 Å². The van der Waals surface area contributed by atoms with Crippen molar-refractivity contribution in [2.75, 3.05) is 24.0 Å². The maximum Gasteiger partial charge on any atom is 0.243 e. The van der Waals surface area contributed by atoms with Crippen molar-refractivity contribution in [3.05, 3.63) is 83.1 Å². The largest absolute Gasteiger partial charge is 0.493 e. The predicted molar refractivity (Wildman–Crippen MR) is 127 cm³/mol. The summed E-state index contributed by atoms with van der Waals surface area (Å²) in [6, 6.07) is 18.2. The number of ether oxygens (including phenoxy) is 2. The predicted octanol–water partition coefficient (Wildman–Crippen LogP) is 4.56. The van der Waals surface area contributed by atoms with Crippen LogP contribution in [-0.4, -0.2) is 25.5 Å². The Kier molecular flexibility index (Phi) is 7.18. The number of halogens is 2. The lowest BCUT2D eigenvalue weighted by atomic mass is 10.1. The molecule has 2 amide bonds. The number of carbonyl (C=O) groups excluding carboxylic acids is 2. The number of nitrogens with one attached hydrogen (secondary N) is 2. The van der Waals surface area contributed by atoms with Crippen molar-refractivity contribution in [3.63, 3.8) is 0 Å². The number of hydrazine groups is 1. The Morgan fingerprint density at radius 2 is 1.88 bits per heavy atom. The van der Waals surface area contributed by atoms with Gasteiger partial charge in [-0.1, -0.05) is 35.9 Å². The van der Waals surface area contributed by atoms with E-state index in [1.54, 1.807) is 24.3 Å². The van der Waals surface area contributed by atoms with Crippen molar-refractivity contribution in [1.29, 1.82) is 0 Å². The van der Waals surface area contributed by atoms with Gasteiger partial charge < -0.3 is 14.4 Å². The first-order chi connectivity index (χ1) is 16.5. The summed E-state index contributed by atoms with van der Waals surface area (Å²) in [5.74, 6) is -0.622.